The maximum atomic E-state index is 12.9. The number of nitrogens with two attached hydrogens (primary N) is 1. The Morgan fingerprint density at radius 1 is 1.30 bits per heavy atom. The molecule has 0 amide bonds. The van der Waals surface area contributed by atoms with Crippen LogP contribution in [0.15, 0.2) is 34.5 Å². The van der Waals surface area contributed by atoms with Crippen LogP contribution in [0.3, 0.4) is 0 Å². The molecule has 0 aliphatic carbocycles. The van der Waals surface area contributed by atoms with Crippen LogP contribution in [0.25, 0.3) is 0 Å². The monoisotopic (exact) mass is 334 g/mol. The highest BCUT2D eigenvalue weighted by atomic mass is 35.5. The number of anilines is 1. The molecule has 1 heterocycles. The molecule has 8 heteroatoms. The zero-order valence-electron chi connectivity index (χ0n) is 10.3. The van der Waals surface area contributed by atoms with Crippen molar-refractivity contribution in [2.45, 2.75) is 10.6 Å². The number of nitrogens with one attached hydrogen (secondary N) is 1. The first-order valence-electron chi connectivity index (χ1n) is 5.69. The first-order valence-corrected chi connectivity index (χ1v) is 8.37. The summed E-state index contributed by atoms with van der Waals surface area (Å²) in [6.45, 7) is 0.456. The minimum atomic E-state index is -3.73. The summed E-state index contributed by atoms with van der Waals surface area (Å²) >= 11 is 6.94. The van der Waals surface area contributed by atoms with Crippen LogP contribution in [-0.2, 0) is 16.4 Å². The summed E-state index contributed by atoms with van der Waals surface area (Å²) in [7, 11) is -3.73. The summed E-state index contributed by atoms with van der Waals surface area (Å²) in [5, 5.41) is 0.00677. The molecule has 20 heavy (non-hydrogen) atoms. The van der Waals surface area contributed by atoms with Crippen LogP contribution < -0.4 is 10.5 Å². The zero-order chi connectivity index (χ0) is 14.8. The zero-order valence-corrected chi connectivity index (χ0v) is 12.7. The van der Waals surface area contributed by atoms with Gasteiger partial charge in [-0.3, -0.25) is 4.72 Å². The molecular weight excluding hydrogens is 323 g/mol. The van der Waals surface area contributed by atoms with E-state index in [1.807, 2.05) is 0 Å². The Kier molecular flexibility index (Phi) is 4.64. The number of halogens is 2. The van der Waals surface area contributed by atoms with E-state index in [2.05, 4.69) is 4.72 Å². The third-order valence-electron chi connectivity index (χ3n) is 2.47. The standard InChI is InChI=1S/C12H12ClFN2O2S2/c13-10-7-8(14)1-3-11(10)16-20(17,18)12-4-2-9(19-12)5-6-15/h1-4,7,16H,5-6,15H2. The van der Waals surface area contributed by atoms with Gasteiger partial charge in [0.05, 0.1) is 10.7 Å². The van der Waals surface area contributed by atoms with E-state index in [1.54, 1.807) is 6.07 Å². The molecule has 0 aliphatic heterocycles. The summed E-state index contributed by atoms with van der Waals surface area (Å²) in [5.41, 5.74) is 5.57. The quantitative estimate of drug-likeness (QED) is 0.883. The van der Waals surface area contributed by atoms with Crippen LogP contribution in [0.5, 0.6) is 0 Å². The third-order valence-corrected chi connectivity index (χ3v) is 5.78. The highest BCUT2D eigenvalue weighted by Gasteiger charge is 2.18. The molecule has 0 radical (unpaired) electrons. The second-order valence-electron chi connectivity index (χ2n) is 3.99. The highest BCUT2D eigenvalue weighted by molar-refractivity contribution is 7.94. The van der Waals surface area contributed by atoms with Gasteiger partial charge >= 0.3 is 0 Å². The second-order valence-corrected chi connectivity index (χ2v) is 7.47. The van der Waals surface area contributed by atoms with Gasteiger partial charge in [-0.05, 0) is 43.3 Å². The number of rotatable bonds is 5. The molecule has 108 valence electrons. The van der Waals surface area contributed by atoms with Crippen LogP contribution in [-0.4, -0.2) is 15.0 Å². The third kappa shape index (κ3) is 3.49. The topological polar surface area (TPSA) is 72.2 Å². The molecule has 0 fully saturated rings. The molecule has 0 aliphatic rings. The van der Waals surface area contributed by atoms with Crippen molar-refractivity contribution in [2.75, 3.05) is 11.3 Å². The van der Waals surface area contributed by atoms with Crippen LogP contribution in [0, 0.1) is 5.82 Å². The van der Waals surface area contributed by atoms with E-state index in [9.17, 15) is 12.8 Å². The van der Waals surface area contributed by atoms with Crippen LogP contribution in [0.4, 0.5) is 10.1 Å². The molecule has 2 rings (SSSR count). The van der Waals surface area contributed by atoms with Gasteiger partial charge < -0.3 is 5.73 Å². The average Bonchev–Trinajstić information content (AvgIpc) is 2.83. The molecule has 1 aromatic heterocycles. The maximum absolute atomic E-state index is 12.9. The van der Waals surface area contributed by atoms with E-state index in [0.29, 0.717) is 13.0 Å². The normalized spacial score (nSPS) is 11.6. The number of hydrogen-bond donors (Lipinski definition) is 2. The first kappa shape index (κ1) is 15.2. The Bertz CT molecular complexity index is 716. The summed E-state index contributed by atoms with van der Waals surface area (Å²) < 4.78 is 39.8. The smallest absolute Gasteiger partial charge is 0.271 e. The summed E-state index contributed by atoms with van der Waals surface area (Å²) in [6.07, 6.45) is 0.623. The number of thiophene rings is 1. The Labute approximate surface area is 125 Å². The van der Waals surface area contributed by atoms with Crippen LogP contribution in [0.2, 0.25) is 5.02 Å². The molecule has 0 unspecified atom stereocenters. The molecule has 0 atom stereocenters. The predicted molar refractivity (Wildman–Crippen MR) is 79.3 cm³/mol. The molecule has 0 saturated heterocycles. The second kappa shape index (κ2) is 6.09. The molecular formula is C12H12ClFN2O2S2. The highest BCUT2D eigenvalue weighted by Crippen LogP contribution is 2.28. The van der Waals surface area contributed by atoms with Crippen molar-refractivity contribution < 1.29 is 12.8 Å². The van der Waals surface area contributed by atoms with Gasteiger partial charge in [0.15, 0.2) is 0 Å². The average molecular weight is 335 g/mol. The van der Waals surface area contributed by atoms with Gasteiger partial charge in [-0.1, -0.05) is 11.6 Å². The van der Waals surface area contributed by atoms with Crippen molar-refractivity contribution in [3.05, 3.63) is 46.0 Å². The van der Waals surface area contributed by atoms with Gasteiger partial charge in [0.2, 0.25) is 0 Å². The van der Waals surface area contributed by atoms with E-state index < -0.39 is 15.8 Å². The fourth-order valence-electron chi connectivity index (χ4n) is 1.55. The molecule has 1 aromatic carbocycles. The van der Waals surface area contributed by atoms with Crippen molar-refractivity contribution in [2.24, 2.45) is 5.73 Å². The number of sulfonamides is 1. The molecule has 0 spiro atoms. The lowest BCUT2D eigenvalue weighted by Gasteiger charge is -2.07. The van der Waals surface area contributed by atoms with E-state index in [4.69, 9.17) is 17.3 Å². The van der Waals surface area contributed by atoms with Gasteiger partial charge in [0, 0.05) is 4.88 Å². The van der Waals surface area contributed by atoms with E-state index in [0.717, 1.165) is 28.3 Å². The van der Waals surface area contributed by atoms with Crippen LogP contribution in [0.1, 0.15) is 4.88 Å². The van der Waals surface area contributed by atoms with Gasteiger partial charge in [0.25, 0.3) is 10.0 Å². The molecule has 4 nitrogen and oxygen atoms in total. The SMILES string of the molecule is NCCc1ccc(S(=O)(=O)Nc2ccc(F)cc2Cl)s1. The van der Waals surface area contributed by atoms with Crippen molar-refractivity contribution in [1.29, 1.82) is 0 Å². The molecule has 0 saturated carbocycles. The first-order chi connectivity index (χ1) is 9.42. The van der Waals surface area contributed by atoms with Crippen molar-refractivity contribution in [3.8, 4) is 0 Å². The van der Waals surface area contributed by atoms with Crippen molar-refractivity contribution in [3.63, 3.8) is 0 Å². The Morgan fingerprint density at radius 3 is 2.70 bits per heavy atom. The van der Waals surface area contributed by atoms with E-state index in [1.165, 1.54) is 12.1 Å². The van der Waals surface area contributed by atoms with Crippen LogP contribution >= 0.6 is 22.9 Å². The number of hydrogen-bond acceptors (Lipinski definition) is 4. The van der Waals surface area contributed by atoms with Gasteiger partial charge in [-0.2, -0.15) is 0 Å². The number of benzene rings is 1. The maximum Gasteiger partial charge on any atom is 0.271 e. The molecule has 0 bridgehead atoms. The fourth-order valence-corrected chi connectivity index (χ4v) is 4.27. The van der Waals surface area contributed by atoms with Crippen molar-refractivity contribution in [1.82, 2.24) is 0 Å². The Morgan fingerprint density at radius 2 is 2.05 bits per heavy atom. The minimum absolute atomic E-state index is 0.00677. The largest absolute Gasteiger partial charge is 0.330 e. The lowest BCUT2D eigenvalue weighted by molar-refractivity contribution is 0.603. The fraction of sp³-hybridized carbons (Fsp3) is 0.167. The summed E-state index contributed by atoms with van der Waals surface area (Å²) in [4.78, 5) is 0.887. The Hall–Kier alpha value is -1.15. The lowest BCUT2D eigenvalue weighted by atomic mass is 10.3. The molecule has 3 N–H and O–H groups in total. The van der Waals surface area contributed by atoms with E-state index in [-0.39, 0.29) is 14.9 Å². The lowest BCUT2D eigenvalue weighted by Crippen LogP contribution is -2.11. The van der Waals surface area contributed by atoms with Crippen molar-refractivity contribution >= 4 is 38.6 Å². The van der Waals surface area contributed by atoms with Gasteiger partial charge in [-0.15, -0.1) is 11.3 Å². The summed E-state index contributed by atoms with van der Waals surface area (Å²) in [5.74, 6) is -0.528. The van der Waals surface area contributed by atoms with E-state index >= 15 is 0 Å². The summed E-state index contributed by atoms with van der Waals surface area (Å²) in [6, 6.07) is 6.70. The minimum Gasteiger partial charge on any atom is -0.330 e. The Balaban J connectivity index is 2.26. The van der Waals surface area contributed by atoms with Gasteiger partial charge in [0.1, 0.15) is 10.0 Å². The predicted octanol–water partition coefficient (Wildman–Crippen LogP) is 2.84. The van der Waals surface area contributed by atoms with Gasteiger partial charge in [-0.25, -0.2) is 12.8 Å². The molecule has 2 aromatic rings.